The molecule has 1 fully saturated rings. The summed E-state index contributed by atoms with van der Waals surface area (Å²) in [5.74, 6) is 1.23. The standard InChI is InChI=1S/C22H23ClN2O5/c1-28-18-9-13(10-19(29-2)20(18)30-3)12-25-17-11-14(23)6-7-15(17)21(26)24-8-4-5-16(24)22(25)27/h6-7,9-11,16H,4-5,8,12H2,1-3H3/t16-/m0/s1. The predicted molar refractivity (Wildman–Crippen MR) is 113 cm³/mol. The maximum absolute atomic E-state index is 13.5. The minimum atomic E-state index is -0.467. The minimum Gasteiger partial charge on any atom is -0.493 e. The van der Waals surface area contributed by atoms with Crippen molar-refractivity contribution in [2.24, 2.45) is 0 Å². The molecule has 0 spiro atoms. The Morgan fingerprint density at radius 3 is 2.37 bits per heavy atom. The lowest BCUT2D eigenvalue weighted by Crippen LogP contribution is -2.44. The van der Waals surface area contributed by atoms with Crippen LogP contribution in [0.25, 0.3) is 0 Å². The number of hydrogen-bond acceptors (Lipinski definition) is 5. The fourth-order valence-electron chi connectivity index (χ4n) is 4.20. The largest absolute Gasteiger partial charge is 0.493 e. The molecule has 0 N–H and O–H groups in total. The lowest BCUT2D eigenvalue weighted by atomic mass is 10.1. The summed E-state index contributed by atoms with van der Waals surface area (Å²) < 4.78 is 16.3. The monoisotopic (exact) mass is 430 g/mol. The normalized spacial score (nSPS) is 18.1. The summed E-state index contributed by atoms with van der Waals surface area (Å²) in [6.45, 7) is 0.815. The van der Waals surface area contributed by atoms with E-state index in [0.717, 1.165) is 12.0 Å². The summed E-state index contributed by atoms with van der Waals surface area (Å²) >= 11 is 6.23. The van der Waals surface area contributed by atoms with E-state index in [1.54, 1.807) is 54.4 Å². The summed E-state index contributed by atoms with van der Waals surface area (Å²) in [5.41, 5.74) is 1.77. The number of nitrogens with zero attached hydrogens (tertiary/aromatic N) is 2. The molecule has 0 unspecified atom stereocenters. The molecule has 2 aromatic carbocycles. The molecule has 2 aliphatic rings. The Labute approximate surface area is 180 Å². The smallest absolute Gasteiger partial charge is 0.256 e. The number of methoxy groups -OCH3 is 3. The molecule has 2 amide bonds. The van der Waals surface area contributed by atoms with Crippen LogP contribution in [0.4, 0.5) is 5.69 Å². The zero-order chi connectivity index (χ0) is 21.4. The van der Waals surface area contributed by atoms with Crippen LogP contribution in [0.2, 0.25) is 5.02 Å². The van der Waals surface area contributed by atoms with Crippen LogP contribution in [0.3, 0.4) is 0 Å². The first-order valence-corrected chi connectivity index (χ1v) is 10.1. The first-order chi connectivity index (χ1) is 14.5. The molecule has 7 nitrogen and oxygen atoms in total. The Kier molecular flexibility index (Phi) is 5.47. The topological polar surface area (TPSA) is 68.3 Å². The van der Waals surface area contributed by atoms with Crippen LogP contribution in [0, 0.1) is 0 Å². The third kappa shape index (κ3) is 3.33. The molecule has 0 aromatic heterocycles. The van der Waals surface area contributed by atoms with Gasteiger partial charge in [-0.1, -0.05) is 11.6 Å². The van der Waals surface area contributed by atoms with E-state index in [-0.39, 0.29) is 18.4 Å². The van der Waals surface area contributed by atoms with Gasteiger partial charge in [0.25, 0.3) is 5.91 Å². The number of ether oxygens (including phenoxy) is 3. The van der Waals surface area contributed by atoms with E-state index in [2.05, 4.69) is 0 Å². The molecule has 2 heterocycles. The molecule has 158 valence electrons. The van der Waals surface area contributed by atoms with Crippen LogP contribution in [-0.4, -0.2) is 50.6 Å². The van der Waals surface area contributed by atoms with Crippen LogP contribution in [0.1, 0.15) is 28.8 Å². The highest BCUT2D eigenvalue weighted by atomic mass is 35.5. The average molecular weight is 431 g/mol. The Morgan fingerprint density at radius 2 is 1.73 bits per heavy atom. The molecule has 30 heavy (non-hydrogen) atoms. The van der Waals surface area contributed by atoms with Crippen LogP contribution in [-0.2, 0) is 11.3 Å². The predicted octanol–water partition coefficient (Wildman–Crippen LogP) is 3.52. The lowest BCUT2D eigenvalue weighted by molar-refractivity contribution is -0.122. The van der Waals surface area contributed by atoms with Crippen molar-refractivity contribution in [2.75, 3.05) is 32.8 Å². The summed E-state index contributed by atoms with van der Waals surface area (Å²) in [5, 5.41) is 0.464. The van der Waals surface area contributed by atoms with Gasteiger partial charge < -0.3 is 24.0 Å². The van der Waals surface area contributed by atoms with E-state index in [9.17, 15) is 9.59 Å². The van der Waals surface area contributed by atoms with Crippen molar-refractivity contribution in [3.8, 4) is 17.2 Å². The Hall–Kier alpha value is -2.93. The number of benzene rings is 2. The summed E-state index contributed by atoms with van der Waals surface area (Å²) in [6.07, 6.45) is 1.46. The number of carbonyl (C=O) groups is 2. The summed E-state index contributed by atoms with van der Waals surface area (Å²) in [7, 11) is 4.63. The molecule has 1 saturated heterocycles. The van der Waals surface area contributed by atoms with E-state index in [1.165, 1.54) is 7.11 Å². The van der Waals surface area contributed by atoms with Crippen LogP contribution in [0.5, 0.6) is 17.2 Å². The van der Waals surface area contributed by atoms with Crippen molar-refractivity contribution in [3.63, 3.8) is 0 Å². The zero-order valence-electron chi connectivity index (χ0n) is 17.1. The van der Waals surface area contributed by atoms with Gasteiger partial charge in [0, 0.05) is 11.6 Å². The lowest BCUT2D eigenvalue weighted by Gasteiger charge is -2.26. The Balaban J connectivity index is 1.81. The molecule has 8 heteroatoms. The van der Waals surface area contributed by atoms with Crippen LogP contribution < -0.4 is 19.1 Å². The average Bonchev–Trinajstić information content (AvgIpc) is 3.23. The van der Waals surface area contributed by atoms with Gasteiger partial charge in [-0.3, -0.25) is 9.59 Å². The van der Waals surface area contributed by atoms with E-state index in [0.29, 0.717) is 46.5 Å². The van der Waals surface area contributed by atoms with Crippen molar-refractivity contribution in [1.29, 1.82) is 0 Å². The quantitative estimate of drug-likeness (QED) is 0.726. The van der Waals surface area contributed by atoms with Gasteiger partial charge in [-0.25, -0.2) is 0 Å². The van der Waals surface area contributed by atoms with Gasteiger partial charge in [0.2, 0.25) is 11.7 Å². The van der Waals surface area contributed by atoms with Crippen LogP contribution >= 0.6 is 11.6 Å². The fourth-order valence-corrected chi connectivity index (χ4v) is 4.37. The van der Waals surface area contributed by atoms with Gasteiger partial charge in [0.05, 0.1) is 39.1 Å². The van der Waals surface area contributed by atoms with Gasteiger partial charge >= 0.3 is 0 Å². The van der Waals surface area contributed by atoms with Crippen molar-refractivity contribution in [3.05, 3.63) is 46.5 Å². The van der Waals surface area contributed by atoms with Gasteiger partial charge in [0.1, 0.15) is 6.04 Å². The van der Waals surface area contributed by atoms with Gasteiger partial charge in [0.15, 0.2) is 11.5 Å². The summed E-state index contributed by atoms with van der Waals surface area (Å²) in [6, 6.07) is 8.18. The third-order valence-electron chi connectivity index (χ3n) is 5.61. The second-order valence-corrected chi connectivity index (χ2v) is 7.71. The second kappa shape index (κ2) is 8.07. The molecule has 2 aliphatic heterocycles. The minimum absolute atomic E-state index is 0.115. The molecule has 0 aliphatic carbocycles. The SMILES string of the molecule is COc1cc(CN2C(=O)[C@@H]3CCCN3C(=O)c3ccc(Cl)cc32)cc(OC)c1OC. The molecule has 0 bridgehead atoms. The third-order valence-corrected chi connectivity index (χ3v) is 5.85. The molecule has 0 radical (unpaired) electrons. The van der Waals surface area contributed by atoms with E-state index in [4.69, 9.17) is 25.8 Å². The van der Waals surface area contributed by atoms with Crippen LogP contribution in [0.15, 0.2) is 30.3 Å². The summed E-state index contributed by atoms with van der Waals surface area (Å²) in [4.78, 5) is 29.9. The highest BCUT2D eigenvalue weighted by Crippen LogP contribution is 2.40. The van der Waals surface area contributed by atoms with Crippen molar-refractivity contribution < 1.29 is 23.8 Å². The zero-order valence-corrected chi connectivity index (χ0v) is 17.9. The van der Waals surface area contributed by atoms with Gasteiger partial charge in [-0.2, -0.15) is 0 Å². The number of rotatable bonds is 5. The number of amides is 2. The highest BCUT2D eigenvalue weighted by molar-refractivity contribution is 6.31. The molecular formula is C22H23ClN2O5. The van der Waals surface area contributed by atoms with E-state index >= 15 is 0 Å². The van der Waals surface area contributed by atoms with Crippen molar-refractivity contribution in [1.82, 2.24) is 4.90 Å². The maximum Gasteiger partial charge on any atom is 0.256 e. The Morgan fingerprint density at radius 1 is 1.03 bits per heavy atom. The number of fused-ring (bicyclic) bond motifs is 2. The second-order valence-electron chi connectivity index (χ2n) is 7.28. The van der Waals surface area contributed by atoms with Crippen molar-refractivity contribution in [2.45, 2.75) is 25.4 Å². The van der Waals surface area contributed by atoms with Gasteiger partial charge in [-0.05, 0) is 48.7 Å². The molecular weight excluding hydrogens is 408 g/mol. The maximum atomic E-state index is 13.5. The van der Waals surface area contributed by atoms with Gasteiger partial charge in [-0.15, -0.1) is 0 Å². The van der Waals surface area contributed by atoms with E-state index in [1.807, 2.05) is 0 Å². The molecule has 2 aromatic rings. The number of hydrogen-bond donors (Lipinski definition) is 0. The number of anilines is 1. The number of carbonyl (C=O) groups excluding carboxylic acids is 2. The van der Waals surface area contributed by atoms with Crippen molar-refractivity contribution >= 4 is 29.1 Å². The highest BCUT2D eigenvalue weighted by Gasteiger charge is 2.42. The molecule has 4 rings (SSSR count). The fraction of sp³-hybridized carbons (Fsp3) is 0.364. The first-order valence-electron chi connectivity index (χ1n) is 9.69. The number of halogens is 1. The molecule has 0 saturated carbocycles. The van der Waals surface area contributed by atoms with E-state index < -0.39 is 6.04 Å². The Bertz CT molecular complexity index is 984. The first kappa shape index (κ1) is 20.3. The molecule has 1 atom stereocenters.